The highest BCUT2D eigenvalue weighted by molar-refractivity contribution is 5.74. The zero-order valence-electron chi connectivity index (χ0n) is 7.49. The summed E-state index contributed by atoms with van der Waals surface area (Å²) in [5, 5.41) is 18.0. The summed E-state index contributed by atoms with van der Waals surface area (Å²) in [7, 11) is 0. The number of hydrogen-bond acceptors (Lipinski definition) is 4. The fourth-order valence-electron chi connectivity index (χ4n) is 0.685. The van der Waals surface area contributed by atoms with Gasteiger partial charge in [-0.3, -0.25) is 0 Å². The van der Waals surface area contributed by atoms with Crippen LogP contribution in [0, 0.1) is 0 Å². The molecule has 0 saturated heterocycles. The predicted molar refractivity (Wildman–Crippen MR) is 43.3 cm³/mol. The Labute approximate surface area is 72.2 Å². The zero-order valence-corrected chi connectivity index (χ0v) is 7.49. The summed E-state index contributed by atoms with van der Waals surface area (Å²) in [6.07, 6.45) is -0.753. The summed E-state index contributed by atoms with van der Waals surface area (Å²) >= 11 is 0. The standard InChI is InChI=1S/C8H16O4/c1-3-5-7(10)12-8(11)6(9)4-2/h6-7,9-10H,3-5H2,1-2H3/t6-,7-/m0/s1. The van der Waals surface area contributed by atoms with Crippen LogP contribution in [0.25, 0.3) is 0 Å². The molecule has 0 aromatic carbocycles. The van der Waals surface area contributed by atoms with Crippen LogP contribution in [-0.4, -0.2) is 28.6 Å². The smallest absolute Gasteiger partial charge is 0.337 e. The third-order valence-electron chi connectivity index (χ3n) is 1.45. The summed E-state index contributed by atoms with van der Waals surface area (Å²) in [6.45, 7) is 3.53. The second-order valence-electron chi connectivity index (χ2n) is 2.60. The first kappa shape index (κ1) is 11.4. The van der Waals surface area contributed by atoms with Gasteiger partial charge in [-0.15, -0.1) is 0 Å². The van der Waals surface area contributed by atoms with Crippen LogP contribution in [0.5, 0.6) is 0 Å². The Bertz CT molecular complexity index is 135. The van der Waals surface area contributed by atoms with Crippen molar-refractivity contribution in [1.82, 2.24) is 0 Å². The Hall–Kier alpha value is -0.610. The average Bonchev–Trinajstić information content (AvgIpc) is 2.03. The van der Waals surface area contributed by atoms with Crippen molar-refractivity contribution in [3.8, 4) is 0 Å². The quantitative estimate of drug-likeness (QED) is 0.470. The molecule has 4 heteroatoms. The lowest BCUT2D eigenvalue weighted by Gasteiger charge is -2.13. The summed E-state index contributed by atoms with van der Waals surface area (Å²) < 4.78 is 4.51. The summed E-state index contributed by atoms with van der Waals surface area (Å²) in [5.41, 5.74) is 0. The van der Waals surface area contributed by atoms with E-state index in [4.69, 9.17) is 10.2 Å². The van der Waals surface area contributed by atoms with Crippen molar-refractivity contribution in [3.63, 3.8) is 0 Å². The normalized spacial score (nSPS) is 15.3. The van der Waals surface area contributed by atoms with Crippen molar-refractivity contribution < 1.29 is 19.7 Å². The third-order valence-corrected chi connectivity index (χ3v) is 1.45. The maximum absolute atomic E-state index is 10.8. The largest absolute Gasteiger partial charge is 0.434 e. The number of aliphatic hydroxyl groups is 2. The molecule has 12 heavy (non-hydrogen) atoms. The molecule has 0 aliphatic rings. The van der Waals surface area contributed by atoms with E-state index in [2.05, 4.69) is 4.74 Å². The molecule has 0 spiro atoms. The van der Waals surface area contributed by atoms with Crippen LogP contribution in [0.4, 0.5) is 0 Å². The number of carbonyl (C=O) groups is 1. The minimum Gasteiger partial charge on any atom is -0.434 e. The van der Waals surface area contributed by atoms with Crippen molar-refractivity contribution in [2.24, 2.45) is 0 Å². The SMILES string of the molecule is CCC[C@@H](O)OC(=O)[C@@H](O)CC. The summed E-state index contributed by atoms with van der Waals surface area (Å²) in [5.74, 6) is -0.751. The van der Waals surface area contributed by atoms with Gasteiger partial charge in [0, 0.05) is 6.42 Å². The molecule has 0 amide bonds. The lowest BCUT2D eigenvalue weighted by molar-refractivity contribution is -0.178. The van der Waals surface area contributed by atoms with Gasteiger partial charge in [0.15, 0.2) is 6.10 Å². The molecule has 4 nitrogen and oxygen atoms in total. The van der Waals surface area contributed by atoms with Crippen LogP contribution in [-0.2, 0) is 9.53 Å². The van der Waals surface area contributed by atoms with E-state index in [-0.39, 0.29) is 0 Å². The fraction of sp³-hybridized carbons (Fsp3) is 0.875. The molecule has 0 aliphatic heterocycles. The Morgan fingerprint density at radius 1 is 1.42 bits per heavy atom. The molecule has 0 aromatic rings. The number of esters is 1. The molecule has 72 valence electrons. The van der Waals surface area contributed by atoms with Gasteiger partial charge in [-0.25, -0.2) is 4.79 Å². The highest BCUT2D eigenvalue weighted by Crippen LogP contribution is 2.01. The lowest BCUT2D eigenvalue weighted by Crippen LogP contribution is -2.27. The molecule has 0 unspecified atom stereocenters. The first-order valence-corrected chi connectivity index (χ1v) is 4.18. The monoisotopic (exact) mass is 176 g/mol. The molecule has 2 atom stereocenters. The van der Waals surface area contributed by atoms with E-state index in [1.54, 1.807) is 6.92 Å². The second kappa shape index (κ2) is 5.97. The molecule has 0 heterocycles. The lowest BCUT2D eigenvalue weighted by atomic mass is 10.3. The van der Waals surface area contributed by atoms with Gasteiger partial charge in [0.2, 0.25) is 6.29 Å². The number of ether oxygens (including phenoxy) is 1. The topological polar surface area (TPSA) is 66.8 Å². The van der Waals surface area contributed by atoms with E-state index in [0.717, 1.165) is 6.42 Å². The molecular formula is C8H16O4. The Morgan fingerprint density at radius 3 is 2.42 bits per heavy atom. The molecule has 0 aliphatic carbocycles. The molecule has 0 saturated carbocycles. The average molecular weight is 176 g/mol. The molecule has 0 rings (SSSR count). The molecule has 0 aromatic heterocycles. The summed E-state index contributed by atoms with van der Waals surface area (Å²) in [6, 6.07) is 0. The molecule has 0 bridgehead atoms. The first-order valence-electron chi connectivity index (χ1n) is 4.18. The van der Waals surface area contributed by atoms with Gasteiger partial charge in [0.25, 0.3) is 0 Å². The van der Waals surface area contributed by atoms with Gasteiger partial charge in [-0.05, 0) is 6.42 Å². The zero-order chi connectivity index (χ0) is 9.56. The molecular weight excluding hydrogens is 160 g/mol. The number of carbonyl (C=O) groups excluding carboxylic acids is 1. The Balaban J connectivity index is 3.67. The van der Waals surface area contributed by atoms with E-state index in [0.29, 0.717) is 12.8 Å². The van der Waals surface area contributed by atoms with Crippen LogP contribution in [0.2, 0.25) is 0 Å². The van der Waals surface area contributed by atoms with Crippen LogP contribution < -0.4 is 0 Å². The van der Waals surface area contributed by atoms with Gasteiger partial charge >= 0.3 is 5.97 Å². The highest BCUT2D eigenvalue weighted by atomic mass is 16.6. The minimum absolute atomic E-state index is 0.303. The van der Waals surface area contributed by atoms with Crippen molar-refractivity contribution in [3.05, 3.63) is 0 Å². The van der Waals surface area contributed by atoms with Crippen molar-refractivity contribution >= 4 is 5.97 Å². The van der Waals surface area contributed by atoms with Gasteiger partial charge in [-0.2, -0.15) is 0 Å². The Morgan fingerprint density at radius 2 is 2.00 bits per heavy atom. The number of hydrogen-bond donors (Lipinski definition) is 2. The maximum atomic E-state index is 10.8. The first-order chi connectivity index (χ1) is 5.61. The van der Waals surface area contributed by atoms with Crippen LogP contribution in [0.15, 0.2) is 0 Å². The van der Waals surface area contributed by atoms with E-state index >= 15 is 0 Å². The van der Waals surface area contributed by atoms with E-state index in [1.807, 2.05) is 6.92 Å². The van der Waals surface area contributed by atoms with Gasteiger partial charge in [0.05, 0.1) is 0 Å². The summed E-state index contributed by atoms with van der Waals surface area (Å²) in [4.78, 5) is 10.8. The van der Waals surface area contributed by atoms with E-state index in [1.165, 1.54) is 0 Å². The third kappa shape index (κ3) is 4.31. The minimum atomic E-state index is -1.11. The van der Waals surface area contributed by atoms with Crippen molar-refractivity contribution in [1.29, 1.82) is 0 Å². The number of aliphatic hydroxyl groups excluding tert-OH is 2. The van der Waals surface area contributed by atoms with Gasteiger partial charge in [-0.1, -0.05) is 20.3 Å². The van der Waals surface area contributed by atoms with Crippen LogP contribution in [0.3, 0.4) is 0 Å². The molecule has 0 fully saturated rings. The molecule has 0 radical (unpaired) electrons. The van der Waals surface area contributed by atoms with E-state index < -0.39 is 18.4 Å². The van der Waals surface area contributed by atoms with Gasteiger partial charge < -0.3 is 14.9 Å². The van der Waals surface area contributed by atoms with Crippen molar-refractivity contribution in [2.45, 2.75) is 45.5 Å². The predicted octanol–water partition coefficient (Wildman–Crippen LogP) is 0.419. The number of rotatable bonds is 5. The Kier molecular flexibility index (Phi) is 5.66. The van der Waals surface area contributed by atoms with Crippen LogP contribution in [0.1, 0.15) is 33.1 Å². The van der Waals surface area contributed by atoms with Gasteiger partial charge in [0.1, 0.15) is 0 Å². The fourth-order valence-corrected chi connectivity index (χ4v) is 0.685. The van der Waals surface area contributed by atoms with Crippen molar-refractivity contribution in [2.75, 3.05) is 0 Å². The second-order valence-corrected chi connectivity index (χ2v) is 2.60. The van der Waals surface area contributed by atoms with Crippen LogP contribution >= 0.6 is 0 Å². The van der Waals surface area contributed by atoms with E-state index in [9.17, 15) is 4.79 Å². The molecule has 2 N–H and O–H groups in total. The maximum Gasteiger partial charge on any atom is 0.337 e. The highest BCUT2D eigenvalue weighted by Gasteiger charge is 2.17.